The van der Waals surface area contributed by atoms with E-state index in [9.17, 15) is 0 Å². The lowest BCUT2D eigenvalue weighted by Gasteiger charge is -2.02. The Kier molecular flexibility index (Phi) is 3.56. The minimum atomic E-state index is 0.736. The van der Waals surface area contributed by atoms with Gasteiger partial charge in [0.1, 0.15) is 0 Å². The van der Waals surface area contributed by atoms with Crippen LogP contribution in [-0.2, 0) is 20.0 Å². The molecule has 0 amide bonds. The zero-order valence-corrected chi connectivity index (χ0v) is 11.8. The van der Waals surface area contributed by atoms with Gasteiger partial charge in [-0.1, -0.05) is 18.2 Å². The van der Waals surface area contributed by atoms with E-state index in [4.69, 9.17) is 5.73 Å². The van der Waals surface area contributed by atoms with Gasteiger partial charge in [0.2, 0.25) is 0 Å². The molecule has 2 heterocycles. The molecular weight excluding hydrogens is 248 g/mol. The summed E-state index contributed by atoms with van der Waals surface area (Å²) in [6, 6.07) is 10.6. The normalized spacial score (nSPS) is 11.3. The van der Waals surface area contributed by atoms with Crippen molar-refractivity contribution in [1.82, 2.24) is 14.3 Å². The van der Waals surface area contributed by atoms with Gasteiger partial charge in [-0.05, 0) is 37.1 Å². The second-order valence-corrected chi connectivity index (χ2v) is 5.17. The van der Waals surface area contributed by atoms with Crippen molar-refractivity contribution >= 4 is 10.9 Å². The highest BCUT2D eigenvalue weighted by Crippen LogP contribution is 2.23. The molecule has 104 valence electrons. The first kappa shape index (κ1) is 12.9. The number of nitrogens with two attached hydrogens (primary N) is 1. The first-order valence-electron chi connectivity index (χ1n) is 7.03. The van der Waals surface area contributed by atoms with Crippen LogP contribution in [0.25, 0.3) is 10.9 Å². The van der Waals surface area contributed by atoms with Crippen LogP contribution in [0.1, 0.15) is 17.7 Å². The average Bonchev–Trinajstić information content (AvgIpc) is 3.02. The van der Waals surface area contributed by atoms with E-state index in [-0.39, 0.29) is 0 Å². The van der Waals surface area contributed by atoms with Gasteiger partial charge in [0.25, 0.3) is 0 Å². The molecule has 0 aliphatic carbocycles. The largest absolute Gasteiger partial charge is 0.341 e. The van der Waals surface area contributed by atoms with Gasteiger partial charge in [0.15, 0.2) is 0 Å². The third-order valence-electron chi connectivity index (χ3n) is 3.62. The van der Waals surface area contributed by atoms with Crippen LogP contribution >= 0.6 is 0 Å². The highest BCUT2D eigenvalue weighted by molar-refractivity contribution is 5.84. The van der Waals surface area contributed by atoms with Crippen molar-refractivity contribution in [1.29, 1.82) is 0 Å². The van der Waals surface area contributed by atoms with E-state index in [1.54, 1.807) is 0 Å². The molecule has 1 aromatic carbocycles. The smallest absolute Gasteiger partial charge is 0.0821 e. The number of fused-ring (bicyclic) bond motifs is 1. The molecule has 20 heavy (non-hydrogen) atoms. The van der Waals surface area contributed by atoms with Crippen LogP contribution in [0.4, 0.5) is 0 Å². The highest BCUT2D eigenvalue weighted by Gasteiger charge is 2.08. The topological polar surface area (TPSA) is 48.8 Å². The molecular formula is C16H20N4. The Morgan fingerprint density at radius 1 is 1.20 bits per heavy atom. The number of aromatic nitrogens is 3. The van der Waals surface area contributed by atoms with Crippen LogP contribution in [0.2, 0.25) is 0 Å². The number of rotatable bonds is 5. The van der Waals surface area contributed by atoms with E-state index in [0.717, 1.165) is 31.6 Å². The molecule has 0 fully saturated rings. The predicted molar refractivity (Wildman–Crippen MR) is 81.6 cm³/mol. The fourth-order valence-electron chi connectivity index (χ4n) is 2.67. The van der Waals surface area contributed by atoms with Crippen molar-refractivity contribution in [2.75, 3.05) is 6.54 Å². The molecule has 0 unspecified atom stereocenters. The summed E-state index contributed by atoms with van der Waals surface area (Å²) in [7, 11) is 1.95. The van der Waals surface area contributed by atoms with Crippen molar-refractivity contribution in [3.63, 3.8) is 0 Å². The van der Waals surface area contributed by atoms with Gasteiger partial charge in [0, 0.05) is 30.3 Å². The zero-order valence-electron chi connectivity index (χ0n) is 11.8. The van der Waals surface area contributed by atoms with E-state index in [2.05, 4.69) is 46.2 Å². The van der Waals surface area contributed by atoms with Gasteiger partial charge in [-0.15, -0.1) is 0 Å². The van der Waals surface area contributed by atoms with Gasteiger partial charge >= 0.3 is 0 Å². The summed E-state index contributed by atoms with van der Waals surface area (Å²) in [6.07, 6.45) is 6.29. The lowest BCUT2D eigenvalue weighted by atomic mass is 10.1. The molecule has 2 aromatic heterocycles. The average molecular weight is 268 g/mol. The summed E-state index contributed by atoms with van der Waals surface area (Å²) in [5.74, 6) is 0. The Hall–Kier alpha value is -2.07. The van der Waals surface area contributed by atoms with E-state index in [1.807, 2.05) is 17.9 Å². The standard InChI is InChI=1S/C16H20N4/c1-19-10-8-14(18-19)12-20-11-13(5-4-9-17)15-6-2-3-7-16(15)20/h2-3,6-8,10-11H,4-5,9,12,17H2,1H3. The number of para-hydroxylation sites is 1. The molecule has 0 atom stereocenters. The quantitative estimate of drug-likeness (QED) is 0.772. The predicted octanol–water partition coefficient (Wildman–Crippen LogP) is 2.31. The van der Waals surface area contributed by atoms with Gasteiger partial charge in [-0.25, -0.2) is 0 Å². The number of hydrogen-bond donors (Lipinski definition) is 1. The minimum Gasteiger partial charge on any atom is -0.341 e. The Bertz CT molecular complexity index is 708. The lowest BCUT2D eigenvalue weighted by molar-refractivity contribution is 0.714. The van der Waals surface area contributed by atoms with Crippen LogP contribution in [0.3, 0.4) is 0 Å². The molecule has 0 radical (unpaired) electrons. The van der Waals surface area contributed by atoms with Gasteiger partial charge in [-0.3, -0.25) is 4.68 Å². The molecule has 0 spiro atoms. The summed E-state index contributed by atoms with van der Waals surface area (Å²) in [5, 5.41) is 5.79. The minimum absolute atomic E-state index is 0.736. The maximum Gasteiger partial charge on any atom is 0.0821 e. The van der Waals surface area contributed by atoms with E-state index in [1.165, 1.54) is 16.5 Å². The fraction of sp³-hybridized carbons (Fsp3) is 0.312. The van der Waals surface area contributed by atoms with Crippen LogP contribution in [0, 0.1) is 0 Å². The Labute approximate surface area is 118 Å². The number of benzene rings is 1. The summed E-state index contributed by atoms with van der Waals surface area (Å²) >= 11 is 0. The highest BCUT2D eigenvalue weighted by atomic mass is 15.3. The Morgan fingerprint density at radius 3 is 2.80 bits per heavy atom. The van der Waals surface area contributed by atoms with E-state index >= 15 is 0 Å². The lowest BCUT2D eigenvalue weighted by Crippen LogP contribution is -2.01. The van der Waals surface area contributed by atoms with Crippen LogP contribution in [-0.4, -0.2) is 20.9 Å². The maximum absolute atomic E-state index is 5.63. The number of aryl methyl sites for hydroxylation is 2. The third kappa shape index (κ3) is 2.47. The van der Waals surface area contributed by atoms with Crippen molar-refractivity contribution in [2.45, 2.75) is 19.4 Å². The molecule has 0 saturated carbocycles. The summed E-state index contributed by atoms with van der Waals surface area (Å²) < 4.78 is 4.12. The van der Waals surface area contributed by atoms with Crippen molar-refractivity contribution < 1.29 is 0 Å². The molecule has 4 heteroatoms. The molecule has 4 nitrogen and oxygen atoms in total. The number of nitrogens with zero attached hydrogens (tertiary/aromatic N) is 3. The fourth-order valence-corrected chi connectivity index (χ4v) is 2.67. The van der Waals surface area contributed by atoms with Crippen LogP contribution in [0.15, 0.2) is 42.7 Å². The summed E-state index contributed by atoms with van der Waals surface area (Å²) in [6.45, 7) is 1.55. The molecule has 0 aliphatic rings. The van der Waals surface area contributed by atoms with Crippen molar-refractivity contribution in [2.24, 2.45) is 12.8 Å². The van der Waals surface area contributed by atoms with E-state index in [0.29, 0.717) is 0 Å². The molecule has 3 rings (SSSR count). The molecule has 3 aromatic rings. The monoisotopic (exact) mass is 268 g/mol. The Balaban J connectivity index is 1.97. The van der Waals surface area contributed by atoms with Crippen LogP contribution < -0.4 is 5.73 Å². The zero-order chi connectivity index (χ0) is 13.9. The first-order valence-corrected chi connectivity index (χ1v) is 7.03. The molecule has 0 aliphatic heterocycles. The summed E-state index contributed by atoms with van der Waals surface area (Å²) in [5.41, 5.74) is 9.36. The second kappa shape index (κ2) is 5.51. The third-order valence-corrected chi connectivity index (χ3v) is 3.62. The molecule has 0 bridgehead atoms. The second-order valence-electron chi connectivity index (χ2n) is 5.17. The molecule has 0 saturated heterocycles. The SMILES string of the molecule is Cn1ccc(Cn2cc(CCCN)c3ccccc32)n1. The summed E-state index contributed by atoms with van der Waals surface area (Å²) in [4.78, 5) is 0. The van der Waals surface area contributed by atoms with Gasteiger partial charge in [-0.2, -0.15) is 5.10 Å². The van der Waals surface area contributed by atoms with Crippen molar-refractivity contribution in [3.8, 4) is 0 Å². The van der Waals surface area contributed by atoms with Gasteiger partial charge in [0.05, 0.1) is 12.2 Å². The number of hydrogen-bond acceptors (Lipinski definition) is 2. The molecule has 2 N–H and O–H groups in total. The van der Waals surface area contributed by atoms with Gasteiger partial charge < -0.3 is 10.3 Å². The van der Waals surface area contributed by atoms with Crippen LogP contribution in [0.5, 0.6) is 0 Å². The Morgan fingerprint density at radius 2 is 2.05 bits per heavy atom. The van der Waals surface area contributed by atoms with Crippen molar-refractivity contribution in [3.05, 3.63) is 54.0 Å². The first-order chi connectivity index (χ1) is 9.78. The van der Waals surface area contributed by atoms with E-state index < -0.39 is 0 Å². The maximum atomic E-state index is 5.63.